The van der Waals surface area contributed by atoms with E-state index in [1.165, 1.54) is 18.5 Å². The SMILES string of the molecule is Cc1cc(Nc2ncnc3ccc(NC4=NC5COCC5O4)cc23)ccc1OCc1cccc(F)c1. The summed E-state index contributed by atoms with van der Waals surface area (Å²) in [4.78, 5) is 13.4. The number of aliphatic imine (C=N–C) groups is 1. The zero-order valence-corrected chi connectivity index (χ0v) is 19.6. The fourth-order valence-corrected chi connectivity index (χ4v) is 4.31. The highest BCUT2D eigenvalue weighted by Crippen LogP contribution is 2.29. The molecule has 0 radical (unpaired) electrons. The molecular weight excluding hydrogens is 461 g/mol. The van der Waals surface area contributed by atoms with Gasteiger partial charge in [-0.2, -0.15) is 0 Å². The standard InChI is InChI=1S/C27H24FN5O3/c1-16-9-19(6-8-24(16)35-12-17-3-2-4-18(28)10-17)31-26-21-11-20(5-7-22(21)29-15-30-26)32-27-33-23-13-34-14-25(23)36-27/h2-11,15,23,25H,12-14H2,1H3,(H,32,33)(H,29,30,31). The first-order valence-corrected chi connectivity index (χ1v) is 11.7. The molecule has 2 aliphatic rings. The number of fused-ring (bicyclic) bond motifs is 2. The lowest BCUT2D eigenvalue weighted by Crippen LogP contribution is -2.21. The molecule has 0 amide bonds. The number of ether oxygens (including phenoxy) is 3. The van der Waals surface area contributed by atoms with E-state index in [0.717, 1.165) is 39.2 Å². The second kappa shape index (κ2) is 9.43. The summed E-state index contributed by atoms with van der Waals surface area (Å²) < 4.78 is 30.6. The van der Waals surface area contributed by atoms with Gasteiger partial charge < -0.3 is 24.8 Å². The quantitative estimate of drug-likeness (QED) is 0.399. The summed E-state index contributed by atoms with van der Waals surface area (Å²) in [5, 5.41) is 7.49. The number of anilines is 3. The highest BCUT2D eigenvalue weighted by molar-refractivity contribution is 5.97. The molecule has 9 heteroatoms. The maximum atomic E-state index is 13.4. The first-order chi connectivity index (χ1) is 17.6. The van der Waals surface area contributed by atoms with Gasteiger partial charge >= 0.3 is 0 Å². The normalized spacial score (nSPS) is 18.4. The summed E-state index contributed by atoms with van der Waals surface area (Å²) in [6.45, 7) is 3.41. The van der Waals surface area contributed by atoms with Gasteiger partial charge in [0.1, 0.15) is 42.5 Å². The van der Waals surface area contributed by atoms with E-state index in [2.05, 4.69) is 25.6 Å². The molecule has 2 N–H and O–H groups in total. The fraction of sp³-hybridized carbons (Fsp3) is 0.222. The van der Waals surface area contributed by atoms with Gasteiger partial charge in [-0.15, -0.1) is 0 Å². The lowest BCUT2D eigenvalue weighted by atomic mass is 10.1. The van der Waals surface area contributed by atoms with Crippen molar-refractivity contribution in [2.24, 2.45) is 4.99 Å². The van der Waals surface area contributed by atoms with Gasteiger partial charge in [0, 0.05) is 16.8 Å². The molecule has 8 nitrogen and oxygen atoms in total. The van der Waals surface area contributed by atoms with Crippen molar-refractivity contribution < 1.29 is 18.6 Å². The molecule has 4 aromatic rings. The number of nitrogens with one attached hydrogen (secondary N) is 2. The van der Waals surface area contributed by atoms with E-state index >= 15 is 0 Å². The summed E-state index contributed by atoms with van der Waals surface area (Å²) in [5.74, 6) is 1.14. The number of nitrogens with zero attached hydrogens (tertiary/aromatic N) is 3. The molecule has 3 aromatic carbocycles. The van der Waals surface area contributed by atoms with Crippen LogP contribution >= 0.6 is 0 Å². The van der Waals surface area contributed by atoms with Gasteiger partial charge in [-0.3, -0.25) is 0 Å². The molecule has 3 heterocycles. The zero-order chi connectivity index (χ0) is 24.5. The lowest BCUT2D eigenvalue weighted by molar-refractivity contribution is 0.138. The van der Waals surface area contributed by atoms with E-state index in [1.54, 1.807) is 6.07 Å². The van der Waals surface area contributed by atoms with E-state index in [4.69, 9.17) is 14.2 Å². The third kappa shape index (κ3) is 4.65. The smallest absolute Gasteiger partial charge is 0.290 e. The Balaban J connectivity index is 1.18. The Kier molecular flexibility index (Phi) is 5.82. The van der Waals surface area contributed by atoms with Crippen LogP contribution in [0, 0.1) is 12.7 Å². The highest BCUT2D eigenvalue weighted by atomic mass is 19.1. The second-order valence-corrected chi connectivity index (χ2v) is 8.80. The molecule has 6 rings (SSSR count). The van der Waals surface area contributed by atoms with Gasteiger partial charge in [-0.1, -0.05) is 12.1 Å². The van der Waals surface area contributed by atoms with E-state index < -0.39 is 0 Å². The predicted molar refractivity (Wildman–Crippen MR) is 135 cm³/mol. The van der Waals surface area contributed by atoms with Gasteiger partial charge in [0.05, 0.1) is 18.7 Å². The van der Waals surface area contributed by atoms with Gasteiger partial charge in [-0.05, 0) is 66.6 Å². The zero-order valence-electron chi connectivity index (χ0n) is 19.6. The third-order valence-electron chi connectivity index (χ3n) is 6.15. The number of halogens is 1. The van der Waals surface area contributed by atoms with Crippen LogP contribution in [0.25, 0.3) is 10.9 Å². The fourth-order valence-electron chi connectivity index (χ4n) is 4.31. The Morgan fingerprint density at radius 2 is 1.89 bits per heavy atom. The van der Waals surface area contributed by atoms with Gasteiger partial charge in [0.15, 0.2) is 0 Å². The number of aryl methyl sites for hydroxylation is 1. The summed E-state index contributed by atoms with van der Waals surface area (Å²) >= 11 is 0. The first-order valence-electron chi connectivity index (χ1n) is 11.7. The Hall–Kier alpha value is -4.24. The molecule has 36 heavy (non-hydrogen) atoms. The number of rotatable bonds is 6. The third-order valence-corrected chi connectivity index (χ3v) is 6.15. The van der Waals surface area contributed by atoms with Crippen molar-refractivity contribution in [3.8, 4) is 5.75 Å². The maximum Gasteiger partial charge on any atom is 0.290 e. The molecular formula is C27H24FN5O3. The van der Waals surface area contributed by atoms with Gasteiger partial charge in [0.2, 0.25) is 0 Å². The van der Waals surface area contributed by atoms with Crippen LogP contribution < -0.4 is 15.4 Å². The minimum Gasteiger partial charge on any atom is -0.489 e. The summed E-state index contributed by atoms with van der Waals surface area (Å²) in [7, 11) is 0. The van der Waals surface area contributed by atoms with Crippen LogP contribution in [0.2, 0.25) is 0 Å². The molecule has 0 saturated carbocycles. The first kappa shape index (κ1) is 22.2. The van der Waals surface area contributed by atoms with Crippen LogP contribution in [0.15, 0.2) is 72.0 Å². The molecule has 0 spiro atoms. The van der Waals surface area contributed by atoms with Crippen molar-refractivity contribution in [1.29, 1.82) is 0 Å². The van der Waals surface area contributed by atoms with Crippen LogP contribution in [0.1, 0.15) is 11.1 Å². The van der Waals surface area contributed by atoms with Crippen LogP contribution in [-0.2, 0) is 16.1 Å². The number of aromatic nitrogens is 2. The van der Waals surface area contributed by atoms with Crippen LogP contribution in [0.5, 0.6) is 5.75 Å². The second-order valence-electron chi connectivity index (χ2n) is 8.80. The summed E-state index contributed by atoms with van der Waals surface area (Å²) in [6.07, 6.45) is 1.52. The van der Waals surface area contributed by atoms with Crippen LogP contribution in [0.3, 0.4) is 0 Å². The summed E-state index contributed by atoms with van der Waals surface area (Å²) in [6, 6.07) is 18.6. The molecule has 0 aliphatic carbocycles. The number of benzene rings is 3. The van der Waals surface area contributed by atoms with Gasteiger partial charge in [0.25, 0.3) is 6.02 Å². The van der Waals surface area contributed by atoms with E-state index in [-0.39, 0.29) is 18.0 Å². The number of hydrogen-bond acceptors (Lipinski definition) is 8. The summed E-state index contributed by atoms with van der Waals surface area (Å²) in [5.41, 5.74) is 4.23. The molecule has 2 unspecified atom stereocenters. The molecule has 182 valence electrons. The Morgan fingerprint density at radius 1 is 1.00 bits per heavy atom. The topological polar surface area (TPSA) is 89.9 Å². The Morgan fingerprint density at radius 3 is 2.75 bits per heavy atom. The Labute approximate surface area is 207 Å². The molecule has 1 fully saturated rings. The van der Waals surface area contributed by atoms with E-state index in [0.29, 0.717) is 31.7 Å². The van der Waals surface area contributed by atoms with E-state index in [1.807, 2.05) is 49.4 Å². The van der Waals surface area contributed by atoms with Crippen molar-refractivity contribution in [3.05, 3.63) is 83.9 Å². The molecule has 1 aromatic heterocycles. The molecule has 2 aliphatic heterocycles. The largest absolute Gasteiger partial charge is 0.489 e. The molecule has 1 saturated heterocycles. The van der Waals surface area contributed by atoms with Crippen molar-refractivity contribution in [2.75, 3.05) is 23.8 Å². The average Bonchev–Trinajstić information content (AvgIpc) is 3.46. The maximum absolute atomic E-state index is 13.4. The molecule has 2 atom stereocenters. The van der Waals surface area contributed by atoms with Crippen molar-refractivity contribution in [2.45, 2.75) is 25.7 Å². The van der Waals surface area contributed by atoms with Crippen molar-refractivity contribution in [3.63, 3.8) is 0 Å². The van der Waals surface area contributed by atoms with Gasteiger partial charge in [-0.25, -0.2) is 19.4 Å². The Bertz CT molecular complexity index is 1460. The highest BCUT2D eigenvalue weighted by Gasteiger charge is 2.36. The van der Waals surface area contributed by atoms with Crippen LogP contribution in [-0.4, -0.2) is 41.3 Å². The number of amidine groups is 1. The van der Waals surface area contributed by atoms with E-state index in [9.17, 15) is 4.39 Å². The van der Waals surface area contributed by atoms with Crippen molar-refractivity contribution in [1.82, 2.24) is 9.97 Å². The predicted octanol–water partition coefficient (Wildman–Crippen LogP) is 4.97. The minimum atomic E-state index is -0.274. The average molecular weight is 486 g/mol. The minimum absolute atomic E-state index is 0.0161. The lowest BCUT2D eigenvalue weighted by Gasteiger charge is -2.14. The van der Waals surface area contributed by atoms with Crippen LogP contribution in [0.4, 0.5) is 21.6 Å². The number of hydrogen-bond donors (Lipinski definition) is 2. The molecule has 0 bridgehead atoms. The monoisotopic (exact) mass is 485 g/mol. The van der Waals surface area contributed by atoms with Crippen molar-refractivity contribution >= 4 is 34.1 Å².